The van der Waals surface area contributed by atoms with Crippen molar-refractivity contribution in [3.05, 3.63) is 65.2 Å². The lowest BCUT2D eigenvalue weighted by molar-refractivity contribution is -0.139. The zero-order chi connectivity index (χ0) is 19.9. The molecule has 0 aliphatic rings. The summed E-state index contributed by atoms with van der Waals surface area (Å²) in [5, 5.41) is 10.1. The first kappa shape index (κ1) is 20.6. The van der Waals surface area contributed by atoms with E-state index in [1.807, 2.05) is 24.3 Å². The highest BCUT2D eigenvalue weighted by Crippen LogP contribution is 2.09. The molecular formula is C18H22N4O4S. The second kappa shape index (κ2) is 9.26. The second-order valence-corrected chi connectivity index (χ2v) is 7.46. The van der Waals surface area contributed by atoms with Gasteiger partial charge in [0, 0.05) is 19.6 Å². The average Bonchev–Trinajstić information content (AvgIpc) is 2.65. The second-order valence-electron chi connectivity index (χ2n) is 5.90. The summed E-state index contributed by atoms with van der Waals surface area (Å²) < 4.78 is 22.4. The van der Waals surface area contributed by atoms with Gasteiger partial charge in [0.2, 0.25) is 10.0 Å². The molecule has 0 aromatic heterocycles. The van der Waals surface area contributed by atoms with Crippen LogP contribution in [0.5, 0.6) is 0 Å². The van der Waals surface area contributed by atoms with Gasteiger partial charge in [-0.05, 0) is 35.2 Å². The Labute approximate surface area is 158 Å². The van der Waals surface area contributed by atoms with Crippen LogP contribution in [0.2, 0.25) is 0 Å². The minimum Gasteiger partial charge on any atom is -0.348 e. The van der Waals surface area contributed by atoms with Crippen LogP contribution in [0.15, 0.2) is 53.4 Å². The van der Waals surface area contributed by atoms with Crippen LogP contribution in [0.3, 0.4) is 0 Å². The van der Waals surface area contributed by atoms with E-state index in [2.05, 4.69) is 10.6 Å². The normalized spacial score (nSPS) is 11.0. The maximum Gasteiger partial charge on any atom is 0.309 e. The Kier molecular flexibility index (Phi) is 7.05. The van der Waals surface area contributed by atoms with Crippen LogP contribution >= 0.6 is 0 Å². The number of sulfonamides is 1. The van der Waals surface area contributed by atoms with E-state index < -0.39 is 21.8 Å². The molecule has 0 aliphatic carbocycles. The third-order valence-electron chi connectivity index (χ3n) is 3.84. The molecular weight excluding hydrogens is 368 g/mol. The predicted octanol–water partition coefficient (Wildman–Crippen LogP) is -0.232. The van der Waals surface area contributed by atoms with E-state index in [0.717, 1.165) is 16.7 Å². The first-order valence-corrected chi connectivity index (χ1v) is 9.80. The average molecular weight is 390 g/mol. The number of nitrogens with one attached hydrogen (secondary N) is 2. The summed E-state index contributed by atoms with van der Waals surface area (Å²) in [7, 11) is -3.73. The molecule has 8 nitrogen and oxygen atoms in total. The van der Waals surface area contributed by atoms with Crippen molar-refractivity contribution in [3.8, 4) is 0 Å². The predicted molar refractivity (Wildman–Crippen MR) is 101 cm³/mol. The molecule has 144 valence electrons. The van der Waals surface area contributed by atoms with Gasteiger partial charge in [-0.1, -0.05) is 36.4 Å². The van der Waals surface area contributed by atoms with E-state index in [0.29, 0.717) is 13.0 Å². The lowest BCUT2D eigenvalue weighted by atomic mass is 10.1. The third-order valence-corrected chi connectivity index (χ3v) is 4.77. The van der Waals surface area contributed by atoms with Gasteiger partial charge in [-0.25, -0.2) is 13.6 Å². The van der Waals surface area contributed by atoms with E-state index in [1.165, 1.54) is 12.1 Å². The monoisotopic (exact) mass is 390 g/mol. The molecule has 2 rings (SSSR count). The van der Waals surface area contributed by atoms with Crippen molar-refractivity contribution in [1.82, 2.24) is 10.6 Å². The van der Waals surface area contributed by atoms with Crippen molar-refractivity contribution in [2.24, 2.45) is 10.9 Å². The van der Waals surface area contributed by atoms with Crippen molar-refractivity contribution in [1.29, 1.82) is 0 Å². The molecule has 2 aromatic carbocycles. The maximum absolute atomic E-state index is 11.8. The molecule has 0 spiro atoms. The van der Waals surface area contributed by atoms with Crippen LogP contribution in [0.25, 0.3) is 0 Å². The molecule has 27 heavy (non-hydrogen) atoms. The highest BCUT2D eigenvalue weighted by molar-refractivity contribution is 7.89. The van der Waals surface area contributed by atoms with Crippen molar-refractivity contribution >= 4 is 21.8 Å². The molecule has 0 radical (unpaired) electrons. The van der Waals surface area contributed by atoms with Crippen molar-refractivity contribution in [2.45, 2.75) is 24.4 Å². The molecule has 0 atom stereocenters. The van der Waals surface area contributed by atoms with E-state index in [-0.39, 0.29) is 18.0 Å². The van der Waals surface area contributed by atoms with Crippen LogP contribution < -0.4 is 21.5 Å². The Morgan fingerprint density at radius 1 is 0.889 bits per heavy atom. The van der Waals surface area contributed by atoms with E-state index in [1.54, 1.807) is 12.1 Å². The summed E-state index contributed by atoms with van der Waals surface area (Å²) in [6, 6.07) is 13.4. The fourth-order valence-corrected chi connectivity index (χ4v) is 2.89. The molecule has 0 saturated heterocycles. The summed E-state index contributed by atoms with van der Waals surface area (Å²) in [5.74, 6) is -1.45. The van der Waals surface area contributed by atoms with E-state index in [4.69, 9.17) is 10.9 Å². The molecule has 9 heteroatoms. The smallest absolute Gasteiger partial charge is 0.309 e. The minimum atomic E-state index is -3.73. The van der Waals surface area contributed by atoms with Crippen LogP contribution in [-0.2, 0) is 39.1 Å². The molecule has 2 amide bonds. The summed E-state index contributed by atoms with van der Waals surface area (Å²) in [6.07, 6.45) is 0.447. The van der Waals surface area contributed by atoms with Gasteiger partial charge >= 0.3 is 11.8 Å². The summed E-state index contributed by atoms with van der Waals surface area (Å²) in [4.78, 5) is 23.7. The number of hydrogen-bond acceptors (Lipinski definition) is 5. The van der Waals surface area contributed by atoms with Crippen molar-refractivity contribution in [2.75, 3.05) is 6.54 Å². The molecule has 2 aromatic rings. The van der Waals surface area contributed by atoms with Gasteiger partial charge in [-0.2, -0.15) is 0 Å². The quantitative estimate of drug-likeness (QED) is 0.483. The topological polar surface area (TPSA) is 144 Å². The lowest BCUT2D eigenvalue weighted by Gasteiger charge is -2.08. The van der Waals surface area contributed by atoms with Crippen LogP contribution in [0, 0.1) is 0 Å². The molecule has 6 N–H and O–H groups in total. The van der Waals surface area contributed by atoms with E-state index in [9.17, 15) is 18.0 Å². The molecule has 0 fully saturated rings. The van der Waals surface area contributed by atoms with Gasteiger partial charge in [0.1, 0.15) is 0 Å². The summed E-state index contributed by atoms with van der Waals surface area (Å²) in [6.45, 7) is 0.874. The van der Waals surface area contributed by atoms with Crippen LogP contribution in [0.4, 0.5) is 0 Å². The van der Waals surface area contributed by atoms with Crippen molar-refractivity contribution < 1.29 is 18.0 Å². The Bertz CT molecular complexity index is 911. The first-order valence-electron chi connectivity index (χ1n) is 8.25. The zero-order valence-corrected chi connectivity index (χ0v) is 15.5. The number of primary sulfonamides is 1. The van der Waals surface area contributed by atoms with E-state index >= 15 is 0 Å². The highest BCUT2D eigenvalue weighted by Gasteiger charge is 2.12. The molecule has 0 heterocycles. The number of hydrogen-bond donors (Lipinski definition) is 4. The van der Waals surface area contributed by atoms with Gasteiger partial charge in [0.25, 0.3) is 0 Å². The van der Waals surface area contributed by atoms with Gasteiger partial charge in [-0.15, -0.1) is 0 Å². The molecule has 0 aliphatic heterocycles. The summed E-state index contributed by atoms with van der Waals surface area (Å²) in [5.41, 5.74) is 8.17. The number of nitrogens with two attached hydrogens (primary N) is 2. The third kappa shape index (κ3) is 6.48. The molecule has 0 bridgehead atoms. The van der Waals surface area contributed by atoms with Gasteiger partial charge in [-0.3, -0.25) is 9.59 Å². The number of amides is 2. The van der Waals surface area contributed by atoms with Gasteiger partial charge in [0.05, 0.1) is 4.90 Å². The number of carbonyl (C=O) groups is 2. The Hall–Kier alpha value is -2.75. The zero-order valence-electron chi connectivity index (χ0n) is 14.6. The highest BCUT2D eigenvalue weighted by atomic mass is 32.2. The molecule has 0 saturated carbocycles. The Morgan fingerprint density at radius 3 is 2.15 bits per heavy atom. The molecule has 0 unspecified atom stereocenters. The largest absolute Gasteiger partial charge is 0.348 e. The minimum absolute atomic E-state index is 0.0216. The maximum atomic E-state index is 11.8. The standard InChI is InChI=1S/C18H22N4O4S/c19-11-14-2-1-3-15(10-14)12-22-18(24)17(23)21-9-8-13-4-6-16(7-5-13)27(20,25)26/h1-7,10H,8-9,11-12,19H2,(H,21,23)(H,22,24)(H2,20,25,26). The SMILES string of the molecule is NCc1cccc(CNC(=O)C(=O)NCCc2ccc(S(N)(=O)=O)cc2)c1. The fourth-order valence-electron chi connectivity index (χ4n) is 2.38. The lowest BCUT2D eigenvalue weighted by Crippen LogP contribution is -2.40. The fraction of sp³-hybridized carbons (Fsp3) is 0.222. The first-order chi connectivity index (χ1) is 12.8. The Balaban J connectivity index is 1.77. The van der Waals surface area contributed by atoms with Crippen LogP contribution in [-0.4, -0.2) is 26.8 Å². The van der Waals surface area contributed by atoms with Crippen molar-refractivity contribution in [3.63, 3.8) is 0 Å². The van der Waals surface area contributed by atoms with Gasteiger partial charge < -0.3 is 16.4 Å². The number of benzene rings is 2. The summed E-state index contributed by atoms with van der Waals surface area (Å²) >= 11 is 0. The number of rotatable bonds is 7. The Morgan fingerprint density at radius 2 is 1.52 bits per heavy atom. The number of carbonyl (C=O) groups excluding carboxylic acids is 2. The van der Waals surface area contributed by atoms with Gasteiger partial charge in [0.15, 0.2) is 0 Å². The van der Waals surface area contributed by atoms with Crippen LogP contribution in [0.1, 0.15) is 16.7 Å².